The minimum Gasteiger partial charge on any atom is -0.481 e. The molecule has 24 heavy (non-hydrogen) atoms. The van der Waals surface area contributed by atoms with Gasteiger partial charge in [0.1, 0.15) is 0 Å². The number of carboxylic acids is 1. The van der Waals surface area contributed by atoms with Gasteiger partial charge in [-0.05, 0) is 38.0 Å². The van der Waals surface area contributed by atoms with Gasteiger partial charge in [-0.15, -0.1) is 0 Å². The number of benzene rings is 1. The highest BCUT2D eigenvalue weighted by Gasteiger charge is 2.40. The van der Waals surface area contributed by atoms with Gasteiger partial charge in [0.15, 0.2) is 0 Å². The Kier molecular flexibility index (Phi) is 5.17. The number of carboxylic acid groups (broad SMARTS) is 1. The Morgan fingerprint density at radius 2 is 1.96 bits per heavy atom. The number of halogens is 4. The molecule has 1 N–H and O–H groups in total. The predicted octanol–water partition coefficient (Wildman–Crippen LogP) is 3.23. The van der Waals surface area contributed by atoms with Crippen molar-refractivity contribution < 1.29 is 31.5 Å². The number of piperidine rings is 1. The average molecular weight is 386 g/mol. The van der Waals surface area contributed by atoms with Crippen LogP contribution in [0, 0.1) is 5.92 Å². The standard InChI is InChI=1S/C14H15ClF3NO4S/c1-8-12(13(20)21)3-2-4-19(8)24(22,23)11-6-9(14(16,17)18)5-10(15)7-11/h5-8,12H,2-4H2,1H3,(H,20,21)/t8-,12-/m1/s1. The molecule has 1 fully saturated rings. The van der Waals surface area contributed by atoms with E-state index >= 15 is 0 Å². The lowest BCUT2D eigenvalue weighted by atomic mass is 9.92. The smallest absolute Gasteiger partial charge is 0.416 e. The maximum Gasteiger partial charge on any atom is 0.416 e. The van der Waals surface area contributed by atoms with Gasteiger partial charge in [-0.3, -0.25) is 4.79 Å². The Balaban J connectivity index is 2.47. The molecule has 0 bridgehead atoms. The number of sulfonamides is 1. The van der Waals surface area contributed by atoms with Gasteiger partial charge < -0.3 is 5.11 Å². The van der Waals surface area contributed by atoms with Crippen LogP contribution < -0.4 is 0 Å². The van der Waals surface area contributed by atoms with Crippen molar-refractivity contribution >= 4 is 27.6 Å². The van der Waals surface area contributed by atoms with Crippen molar-refractivity contribution in [2.24, 2.45) is 5.92 Å². The average Bonchev–Trinajstić information content (AvgIpc) is 2.45. The van der Waals surface area contributed by atoms with Crippen molar-refractivity contribution in [1.29, 1.82) is 0 Å². The van der Waals surface area contributed by atoms with Gasteiger partial charge in [0.25, 0.3) is 0 Å². The third kappa shape index (κ3) is 3.68. The predicted molar refractivity (Wildman–Crippen MR) is 80.2 cm³/mol. The Bertz CT molecular complexity index is 751. The quantitative estimate of drug-likeness (QED) is 0.866. The van der Waals surface area contributed by atoms with E-state index in [4.69, 9.17) is 16.7 Å². The maximum atomic E-state index is 12.9. The van der Waals surface area contributed by atoms with Gasteiger partial charge in [-0.2, -0.15) is 17.5 Å². The Labute approximate surface area is 142 Å². The molecule has 0 aromatic heterocycles. The van der Waals surface area contributed by atoms with Crippen LogP contribution in [0.2, 0.25) is 5.02 Å². The second kappa shape index (κ2) is 6.53. The minimum absolute atomic E-state index is 0.0428. The highest BCUT2D eigenvalue weighted by Crippen LogP contribution is 2.35. The summed E-state index contributed by atoms with van der Waals surface area (Å²) in [5.41, 5.74) is -1.17. The highest BCUT2D eigenvalue weighted by atomic mass is 35.5. The SMILES string of the molecule is C[C@@H]1[C@H](C(=O)O)CCCN1S(=O)(=O)c1cc(Cl)cc(C(F)(F)F)c1. The zero-order valence-corrected chi connectivity index (χ0v) is 14.1. The van der Waals surface area contributed by atoms with Gasteiger partial charge in [-0.25, -0.2) is 8.42 Å². The summed E-state index contributed by atoms with van der Waals surface area (Å²) in [7, 11) is -4.30. The summed E-state index contributed by atoms with van der Waals surface area (Å²) >= 11 is 5.64. The molecule has 0 amide bonds. The van der Waals surface area contributed by atoms with Crippen LogP contribution in [0.5, 0.6) is 0 Å². The van der Waals surface area contributed by atoms with Gasteiger partial charge in [0, 0.05) is 17.6 Å². The van der Waals surface area contributed by atoms with E-state index in [0.29, 0.717) is 25.0 Å². The molecule has 0 saturated carbocycles. The van der Waals surface area contributed by atoms with Crippen molar-refractivity contribution in [3.05, 3.63) is 28.8 Å². The van der Waals surface area contributed by atoms with E-state index in [1.54, 1.807) is 0 Å². The van der Waals surface area contributed by atoms with Gasteiger partial charge >= 0.3 is 12.1 Å². The van der Waals surface area contributed by atoms with Crippen LogP contribution >= 0.6 is 11.6 Å². The first-order valence-corrected chi connectivity index (χ1v) is 8.89. The van der Waals surface area contributed by atoms with E-state index in [1.165, 1.54) is 6.92 Å². The molecule has 0 aliphatic carbocycles. The lowest BCUT2D eigenvalue weighted by Crippen LogP contribution is -2.49. The van der Waals surface area contributed by atoms with Crippen LogP contribution in [0.3, 0.4) is 0 Å². The van der Waals surface area contributed by atoms with Crippen LogP contribution in [0.25, 0.3) is 0 Å². The molecule has 2 atom stereocenters. The van der Waals surface area contributed by atoms with Gasteiger partial charge in [0.2, 0.25) is 10.0 Å². The van der Waals surface area contributed by atoms with E-state index in [9.17, 15) is 26.4 Å². The van der Waals surface area contributed by atoms with Crippen molar-refractivity contribution in [3.8, 4) is 0 Å². The largest absolute Gasteiger partial charge is 0.481 e. The number of rotatable bonds is 3. The number of hydrogen-bond donors (Lipinski definition) is 1. The first kappa shape index (κ1) is 19.0. The van der Waals surface area contributed by atoms with E-state index in [2.05, 4.69) is 0 Å². The first-order valence-electron chi connectivity index (χ1n) is 7.07. The van der Waals surface area contributed by atoms with Crippen molar-refractivity contribution in [2.75, 3.05) is 6.54 Å². The summed E-state index contributed by atoms with van der Waals surface area (Å²) in [4.78, 5) is 10.6. The summed E-state index contributed by atoms with van der Waals surface area (Å²) < 4.78 is 65.0. The number of nitrogens with zero attached hydrogens (tertiary/aromatic N) is 1. The molecule has 0 radical (unpaired) electrons. The van der Waals surface area contributed by atoms with Crippen LogP contribution in [-0.2, 0) is 21.0 Å². The molecular weight excluding hydrogens is 371 g/mol. The van der Waals surface area contributed by atoms with Gasteiger partial charge in [0.05, 0.1) is 16.4 Å². The molecule has 5 nitrogen and oxygen atoms in total. The van der Waals surface area contributed by atoms with Crippen LogP contribution in [-0.4, -0.2) is 36.4 Å². The topological polar surface area (TPSA) is 74.7 Å². The maximum absolute atomic E-state index is 12.9. The first-order chi connectivity index (χ1) is 10.9. The Morgan fingerprint density at radius 1 is 1.33 bits per heavy atom. The Hall–Kier alpha value is -1.32. The van der Waals surface area contributed by atoms with Gasteiger partial charge in [-0.1, -0.05) is 11.6 Å². The third-order valence-electron chi connectivity index (χ3n) is 4.05. The van der Waals surface area contributed by atoms with Crippen LogP contribution in [0.15, 0.2) is 23.1 Å². The van der Waals surface area contributed by atoms with Crippen molar-refractivity contribution in [1.82, 2.24) is 4.31 Å². The molecule has 2 rings (SSSR count). The summed E-state index contributed by atoms with van der Waals surface area (Å²) in [6, 6.07) is 1.22. The number of aliphatic carboxylic acids is 1. The molecule has 1 saturated heterocycles. The molecule has 1 aliphatic heterocycles. The lowest BCUT2D eigenvalue weighted by molar-refractivity contribution is -0.144. The number of alkyl halides is 3. The summed E-state index contributed by atoms with van der Waals surface area (Å²) in [5, 5.41) is 8.81. The fourth-order valence-corrected chi connectivity index (χ4v) is 4.87. The number of hydrogen-bond acceptors (Lipinski definition) is 3. The molecule has 134 valence electrons. The third-order valence-corrected chi connectivity index (χ3v) is 6.23. The van der Waals surface area contributed by atoms with Crippen molar-refractivity contribution in [3.63, 3.8) is 0 Å². The fourth-order valence-electron chi connectivity index (χ4n) is 2.79. The highest BCUT2D eigenvalue weighted by molar-refractivity contribution is 7.89. The summed E-state index contributed by atoms with van der Waals surface area (Å²) in [6.45, 7) is 1.48. The normalized spacial score (nSPS) is 23.2. The zero-order valence-electron chi connectivity index (χ0n) is 12.5. The van der Waals surface area contributed by atoms with E-state index < -0.39 is 44.6 Å². The fraction of sp³-hybridized carbons (Fsp3) is 0.500. The summed E-state index contributed by atoms with van der Waals surface area (Å²) in [5.74, 6) is -2.04. The number of carbonyl (C=O) groups is 1. The molecular formula is C14H15ClF3NO4S. The van der Waals surface area contributed by atoms with Crippen molar-refractivity contribution in [2.45, 2.75) is 36.9 Å². The molecule has 0 unspecified atom stereocenters. The van der Waals surface area contributed by atoms with Crippen LogP contribution in [0.4, 0.5) is 13.2 Å². The molecule has 1 aromatic rings. The van der Waals surface area contributed by atoms with Crippen LogP contribution in [0.1, 0.15) is 25.3 Å². The van der Waals surface area contributed by atoms with E-state index in [1.807, 2.05) is 0 Å². The van der Waals surface area contributed by atoms with E-state index in [-0.39, 0.29) is 11.6 Å². The second-order valence-corrected chi connectivity index (χ2v) is 7.94. The molecule has 10 heteroatoms. The second-order valence-electron chi connectivity index (χ2n) is 5.62. The zero-order chi connectivity index (χ0) is 18.3. The molecule has 0 spiro atoms. The monoisotopic (exact) mass is 385 g/mol. The summed E-state index contributed by atoms with van der Waals surface area (Å²) in [6.07, 6.45) is -4.12. The lowest BCUT2D eigenvalue weighted by Gasteiger charge is -2.36. The minimum atomic E-state index is -4.74. The molecule has 1 aromatic carbocycles. The molecule has 1 aliphatic rings. The Morgan fingerprint density at radius 3 is 2.50 bits per heavy atom. The molecule has 1 heterocycles. The van der Waals surface area contributed by atoms with E-state index in [0.717, 1.165) is 10.4 Å².